The molecule has 15 heavy (non-hydrogen) atoms. The van der Waals surface area contributed by atoms with Crippen molar-refractivity contribution >= 4 is 5.91 Å². The summed E-state index contributed by atoms with van der Waals surface area (Å²) in [6.07, 6.45) is 4.79. The first-order valence-corrected chi connectivity index (χ1v) is 5.80. The van der Waals surface area contributed by atoms with Gasteiger partial charge in [0.2, 0.25) is 5.91 Å². The average molecular weight is 212 g/mol. The number of carbonyl (C=O) groups excluding carboxylic acids is 1. The van der Waals surface area contributed by atoms with Crippen LogP contribution < -0.4 is 5.73 Å². The van der Waals surface area contributed by atoms with Crippen molar-refractivity contribution in [1.82, 2.24) is 4.90 Å². The molecule has 0 aromatic rings. The lowest BCUT2D eigenvalue weighted by atomic mass is 9.77. The molecule has 1 atom stereocenters. The average Bonchev–Trinajstić information content (AvgIpc) is 2.86. The van der Waals surface area contributed by atoms with Crippen molar-refractivity contribution in [3.63, 3.8) is 0 Å². The number of aliphatic hydroxyl groups is 1. The van der Waals surface area contributed by atoms with Crippen molar-refractivity contribution in [2.75, 3.05) is 26.2 Å². The topological polar surface area (TPSA) is 66.6 Å². The fourth-order valence-electron chi connectivity index (χ4n) is 3.25. The van der Waals surface area contributed by atoms with Crippen molar-refractivity contribution < 1.29 is 9.90 Å². The van der Waals surface area contributed by atoms with Crippen molar-refractivity contribution in [2.45, 2.75) is 25.7 Å². The number of carbonyl (C=O) groups is 1. The van der Waals surface area contributed by atoms with E-state index in [4.69, 9.17) is 5.73 Å². The molecule has 0 bridgehead atoms. The molecule has 1 saturated heterocycles. The molecule has 0 aromatic heterocycles. The van der Waals surface area contributed by atoms with Crippen LogP contribution in [0.15, 0.2) is 0 Å². The Morgan fingerprint density at radius 3 is 2.67 bits per heavy atom. The molecule has 2 aliphatic rings. The van der Waals surface area contributed by atoms with E-state index in [1.807, 2.05) is 4.90 Å². The van der Waals surface area contributed by atoms with E-state index in [9.17, 15) is 9.90 Å². The summed E-state index contributed by atoms with van der Waals surface area (Å²) in [5, 5.41) is 9.39. The predicted molar refractivity (Wildman–Crippen MR) is 57.1 cm³/mol. The second kappa shape index (κ2) is 4.10. The van der Waals surface area contributed by atoms with E-state index in [-0.39, 0.29) is 30.4 Å². The number of nitrogens with two attached hydrogens (primary N) is 1. The van der Waals surface area contributed by atoms with Crippen molar-refractivity contribution in [3.05, 3.63) is 0 Å². The van der Waals surface area contributed by atoms with Crippen molar-refractivity contribution in [1.29, 1.82) is 0 Å². The Kier molecular flexibility index (Phi) is 2.98. The third-order valence-electron chi connectivity index (χ3n) is 4.16. The Labute approximate surface area is 90.4 Å². The molecule has 1 aliphatic heterocycles. The molecular weight excluding hydrogens is 192 g/mol. The molecule has 4 nitrogen and oxygen atoms in total. The molecule has 1 aliphatic carbocycles. The summed E-state index contributed by atoms with van der Waals surface area (Å²) in [5.74, 6) is 0.299. The molecule has 0 unspecified atom stereocenters. The van der Waals surface area contributed by atoms with Crippen LogP contribution in [0.2, 0.25) is 0 Å². The Morgan fingerprint density at radius 1 is 1.47 bits per heavy atom. The minimum absolute atomic E-state index is 0.0252. The minimum atomic E-state index is 0.0252. The standard InChI is InChI=1S/C11H20N2O2/c12-5-10(15)13-6-9(7-14)11(8-13)3-1-2-4-11/h9,14H,1-8,12H2/t9-/m0/s1. The fraction of sp³-hybridized carbons (Fsp3) is 0.909. The predicted octanol–water partition coefficient (Wildman–Crippen LogP) is -0.0438. The SMILES string of the molecule is NCC(=O)N1C[C@@H](CO)C2(CCCC2)C1. The molecule has 1 amide bonds. The van der Waals surface area contributed by atoms with Gasteiger partial charge in [-0.15, -0.1) is 0 Å². The van der Waals surface area contributed by atoms with Crippen LogP contribution >= 0.6 is 0 Å². The zero-order valence-electron chi connectivity index (χ0n) is 9.11. The second-order valence-corrected chi connectivity index (χ2v) is 4.93. The fourth-order valence-corrected chi connectivity index (χ4v) is 3.25. The van der Waals surface area contributed by atoms with Gasteiger partial charge >= 0.3 is 0 Å². The van der Waals surface area contributed by atoms with Gasteiger partial charge in [0.1, 0.15) is 0 Å². The summed E-state index contributed by atoms with van der Waals surface area (Å²) in [6.45, 7) is 1.81. The highest BCUT2D eigenvalue weighted by Gasteiger charge is 2.48. The number of amides is 1. The molecule has 0 aromatic carbocycles. The van der Waals surface area contributed by atoms with Gasteiger partial charge in [-0.3, -0.25) is 4.79 Å². The molecule has 1 saturated carbocycles. The van der Waals surface area contributed by atoms with Crippen LogP contribution in [0.3, 0.4) is 0 Å². The van der Waals surface area contributed by atoms with Gasteiger partial charge in [-0.1, -0.05) is 12.8 Å². The lowest BCUT2D eigenvalue weighted by Crippen LogP contribution is -2.35. The first-order valence-electron chi connectivity index (χ1n) is 5.80. The molecule has 86 valence electrons. The minimum Gasteiger partial charge on any atom is -0.396 e. The molecule has 0 radical (unpaired) electrons. The summed E-state index contributed by atoms with van der Waals surface area (Å²) in [4.78, 5) is 13.4. The lowest BCUT2D eigenvalue weighted by molar-refractivity contribution is -0.129. The zero-order chi connectivity index (χ0) is 10.9. The number of nitrogens with zero attached hydrogens (tertiary/aromatic N) is 1. The summed E-state index contributed by atoms with van der Waals surface area (Å²) < 4.78 is 0. The smallest absolute Gasteiger partial charge is 0.236 e. The molecule has 1 heterocycles. The number of hydrogen-bond donors (Lipinski definition) is 2. The number of hydrogen-bond acceptors (Lipinski definition) is 3. The van der Waals surface area contributed by atoms with Crippen LogP contribution in [0.5, 0.6) is 0 Å². The molecule has 1 spiro atoms. The third-order valence-corrected chi connectivity index (χ3v) is 4.16. The maximum atomic E-state index is 11.5. The summed E-state index contributed by atoms with van der Waals surface area (Å²) in [6, 6.07) is 0. The van der Waals surface area contributed by atoms with Crippen LogP contribution in [0.25, 0.3) is 0 Å². The largest absolute Gasteiger partial charge is 0.396 e. The van der Waals surface area contributed by atoms with E-state index < -0.39 is 0 Å². The second-order valence-electron chi connectivity index (χ2n) is 4.93. The van der Waals surface area contributed by atoms with E-state index in [2.05, 4.69) is 0 Å². The van der Waals surface area contributed by atoms with Crippen LogP contribution in [0, 0.1) is 11.3 Å². The normalized spacial score (nSPS) is 28.9. The molecular formula is C11H20N2O2. The van der Waals surface area contributed by atoms with Gasteiger partial charge in [0.15, 0.2) is 0 Å². The Bertz CT molecular complexity index is 249. The lowest BCUT2D eigenvalue weighted by Gasteiger charge is -2.28. The van der Waals surface area contributed by atoms with Gasteiger partial charge in [-0.05, 0) is 18.3 Å². The Hall–Kier alpha value is -0.610. The van der Waals surface area contributed by atoms with Crippen LogP contribution in [-0.2, 0) is 4.79 Å². The van der Waals surface area contributed by atoms with Crippen LogP contribution in [0.1, 0.15) is 25.7 Å². The Morgan fingerprint density at radius 2 is 2.13 bits per heavy atom. The van der Waals surface area contributed by atoms with Gasteiger partial charge in [0.25, 0.3) is 0 Å². The zero-order valence-corrected chi connectivity index (χ0v) is 9.11. The maximum Gasteiger partial charge on any atom is 0.236 e. The number of rotatable bonds is 2. The Balaban J connectivity index is 2.09. The molecule has 2 fully saturated rings. The van der Waals surface area contributed by atoms with Crippen molar-refractivity contribution in [2.24, 2.45) is 17.1 Å². The highest BCUT2D eigenvalue weighted by molar-refractivity contribution is 5.78. The van der Waals surface area contributed by atoms with Crippen molar-refractivity contribution in [3.8, 4) is 0 Å². The van der Waals surface area contributed by atoms with Gasteiger partial charge in [-0.2, -0.15) is 0 Å². The number of aliphatic hydroxyl groups excluding tert-OH is 1. The van der Waals surface area contributed by atoms with E-state index in [1.165, 1.54) is 12.8 Å². The molecule has 4 heteroatoms. The maximum absolute atomic E-state index is 11.5. The summed E-state index contributed by atoms with van der Waals surface area (Å²) >= 11 is 0. The first kappa shape index (κ1) is 10.9. The highest BCUT2D eigenvalue weighted by Crippen LogP contribution is 2.48. The van der Waals surface area contributed by atoms with Gasteiger partial charge in [0, 0.05) is 25.6 Å². The van der Waals surface area contributed by atoms with Gasteiger partial charge in [0.05, 0.1) is 6.54 Å². The molecule has 3 N–H and O–H groups in total. The molecule has 2 rings (SSSR count). The van der Waals surface area contributed by atoms with E-state index in [0.717, 1.165) is 19.4 Å². The van der Waals surface area contributed by atoms with Crippen LogP contribution in [-0.4, -0.2) is 42.2 Å². The van der Waals surface area contributed by atoms with E-state index in [1.54, 1.807) is 0 Å². The monoisotopic (exact) mass is 212 g/mol. The number of likely N-dealkylation sites (tertiary alicyclic amines) is 1. The van der Waals surface area contributed by atoms with Crippen LogP contribution in [0.4, 0.5) is 0 Å². The summed E-state index contributed by atoms with van der Waals surface area (Å²) in [7, 11) is 0. The van der Waals surface area contributed by atoms with Gasteiger partial charge in [-0.25, -0.2) is 0 Å². The highest BCUT2D eigenvalue weighted by atomic mass is 16.3. The first-order chi connectivity index (χ1) is 7.22. The van der Waals surface area contributed by atoms with E-state index >= 15 is 0 Å². The van der Waals surface area contributed by atoms with E-state index in [0.29, 0.717) is 6.54 Å². The third kappa shape index (κ3) is 1.76. The quantitative estimate of drug-likeness (QED) is 0.675. The summed E-state index contributed by atoms with van der Waals surface area (Å²) in [5.41, 5.74) is 5.58. The van der Waals surface area contributed by atoms with Gasteiger partial charge < -0.3 is 15.7 Å².